The predicted octanol–water partition coefficient (Wildman–Crippen LogP) is -1.49. The number of piperazine rings is 1. The molecule has 4 rings (SSSR count). The summed E-state index contributed by atoms with van der Waals surface area (Å²) in [6.45, 7) is 14.3. The highest BCUT2D eigenvalue weighted by atomic mass is 35.5. The Morgan fingerprint density at radius 2 is 1.90 bits per heavy atom. The molecular formula is C20H39ClN8O. The number of carbonyl (C=O) groups is 1. The van der Waals surface area contributed by atoms with Crippen molar-refractivity contribution in [2.75, 3.05) is 52.4 Å². The molecule has 1 amide bonds. The molecule has 0 radical (unpaired) electrons. The lowest BCUT2D eigenvalue weighted by atomic mass is 9.95. The second-order valence-electron chi connectivity index (χ2n) is 10.2. The number of nitrogens with zero attached hydrogens (tertiary/aromatic N) is 3. The van der Waals surface area contributed by atoms with Gasteiger partial charge in [-0.25, -0.2) is 10.4 Å². The van der Waals surface area contributed by atoms with Crippen molar-refractivity contribution in [1.82, 2.24) is 36.2 Å². The fourth-order valence-electron chi connectivity index (χ4n) is 5.41. The third kappa shape index (κ3) is 4.78. The van der Waals surface area contributed by atoms with Crippen LogP contribution in [0.4, 0.5) is 0 Å². The summed E-state index contributed by atoms with van der Waals surface area (Å²) in [5.41, 5.74) is 9.72. The van der Waals surface area contributed by atoms with E-state index in [1.807, 2.05) is 5.01 Å². The monoisotopic (exact) mass is 442 g/mol. The highest BCUT2D eigenvalue weighted by Crippen LogP contribution is 2.24. The number of hydrogen-bond acceptors (Lipinski definition) is 8. The van der Waals surface area contributed by atoms with Gasteiger partial charge in [0.25, 0.3) is 0 Å². The summed E-state index contributed by atoms with van der Waals surface area (Å²) in [6.07, 6.45) is 0.534. The molecule has 0 spiro atoms. The van der Waals surface area contributed by atoms with E-state index >= 15 is 0 Å². The lowest BCUT2D eigenvalue weighted by Gasteiger charge is -2.47. The van der Waals surface area contributed by atoms with Gasteiger partial charge in [-0.05, 0) is 33.7 Å². The molecule has 0 bridgehead atoms. The molecule has 0 aromatic heterocycles. The van der Waals surface area contributed by atoms with Gasteiger partial charge in [0.15, 0.2) is 0 Å². The average molecular weight is 443 g/mol. The van der Waals surface area contributed by atoms with Crippen LogP contribution in [0.15, 0.2) is 0 Å². The predicted molar refractivity (Wildman–Crippen MR) is 119 cm³/mol. The van der Waals surface area contributed by atoms with Crippen LogP contribution < -0.4 is 27.1 Å². The van der Waals surface area contributed by atoms with Gasteiger partial charge in [0.1, 0.15) is 0 Å². The van der Waals surface area contributed by atoms with Crippen LogP contribution in [0.25, 0.3) is 0 Å². The molecular weight excluding hydrogens is 404 g/mol. The van der Waals surface area contributed by atoms with Gasteiger partial charge in [-0.2, -0.15) is 0 Å². The SMILES string of the molecule is CC(C)(C)N1CCN(C2CCNCC2NC(=O)C2C(N)NN3CC(Cl)CNC23)CC1. The molecule has 0 aromatic rings. The number of carbonyl (C=O) groups excluding carboxylic acids is 1. The van der Waals surface area contributed by atoms with Crippen LogP contribution >= 0.6 is 11.6 Å². The zero-order chi connectivity index (χ0) is 21.5. The Labute approximate surface area is 185 Å². The van der Waals surface area contributed by atoms with Crippen LogP contribution in [0.2, 0.25) is 0 Å². The first kappa shape index (κ1) is 22.7. The normalized spacial score (nSPS) is 39.6. The first-order valence-electron chi connectivity index (χ1n) is 11.4. The molecule has 30 heavy (non-hydrogen) atoms. The number of amides is 1. The first-order valence-corrected chi connectivity index (χ1v) is 11.8. The van der Waals surface area contributed by atoms with Crippen molar-refractivity contribution in [1.29, 1.82) is 0 Å². The van der Waals surface area contributed by atoms with Gasteiger partial charge < -0.3 is 16.4 Å². The van der Waals surface area contributed by atoms with Crippen LogP contribution in [0.5, 0.6) is 0 Å². The van der Waals surface area contributed by atoms with Crippen molar-refractivity contribution < 1.29 is 4.79 Å². The Balaban J connectivity index is 1.37. The molecule has 4 aliphatic rings. The second-order valence-corrected chi connectivity index (χ2v) is 10.8. The number of rotatable bonds is 3. The molecule has 4 aliphatic heterocycles. The van der Waals surface area contributed by atoms with Gasteiger partial charge in [-0.15, -0.1) is 11.6 Å². The lowest BCUT2D eigenvalue weighted by Crippen LogP contribution is -2.65. The van der Waals surface area contributed by atoms with E-state index < -0.39 is 6.17 Å². The summed E-state index contributed by atoms with van der Waals surface area (Å²) in [5, 5.41) is 12.2. The molecule has 0 aliphatic carbocycles. The van der Waals surface area contributed by atoms with Gasteiger partial charge in [0.05, 0.1) is 29.7 Å². The van der Waals surface area contributed by atoms with Crippen LogP contribution in [0, 0.1) is 5.92 Å². The van der Waals surface area contributed by atoms with E-state index in [1.165, 1.54) is 0 Å². The highest BCUT2D eigenvalue weighted by molar-refractivity contribution is 6.21. The Bertz CT molecular complexity index is 608. The van der Waals surface area contributed by atoms with Crippen LogP contribution in [0.3, 0.4) is 0 Å². The van der Waals surface area contributed by atoms with Gasteiger partial charge in [0, 0.05) is 57.4 Å². The first-order chi connectivity index (χ1) is 14.2. The zero-order valence-corrected chi connectivity index (χ0v) is 19.3. The number of hydrogen-bond donors (Lipinski definition) is 5. The second kappa shape index (κ2) is 9.15. The van der Waals surface area contributed by atoms with Gasteiger partial charge in [-0.3, -0.25) is 19.9 Å². The molecule has 6 unspecified atom stereocenters. The van der Waals surface area contributed by atoms with Crippen molar-refractivity contribution in [3.05, 3.63) is 0 Å². The van der Waals surface area contributed by atoms with Crippen LogP contribution in [0.1, 0.15) is 27.2 Å². The summed E-state index contributed by atoms with van der Waals surface area (Å²) in [6, 6.07) is 0.462. The molecule has 6 atom stereocenters. The number of hydrazine groups is 1. The smallest absolute Gasteiger partial charge is 0.229 e. The molecule has 10 heteroatoms. The molecule has 0 saturated carbocycles. The number of halogens is 1. The van der Waals surface area contributed by atoms with Crippen molar-refractivity contribution >= 4 is 17.5 Å². The molecule has 4 heterocycles. The maximum absolute atomic E-state index is 13.3. The van der Waals surface area contributed by atoms with Crippen LogP contribution in [-0.4, -0.2) is 108 Å². The standard InChI is InChI=1S/C20H39ClN8O/c1-20(2,3)28-8-6-27(7-9-28)15-4-5-23-11-14(15)25-19(30)16-17(22)26-29-12-13(21)10-24-18(16)29/h13-18,23-24,26H,4-12,22H2,1-3H3,(H,25,30). The van der Waals surface area contributed by atoms with Gasteiger partial charge in [-0.1, -0.05) is 0 Å². The summed E-state index contributed by atoms with van der Waals surface area (Å²) in [7, 11) is 0. The minimum atomic E-state index is -0.408. The fourth-order valence-corrected chi connectivity index (χ4v) is 5.65. The topological polar surface area (TPSA) is 101 Å². The molecule has 6 N–H and O–H groups in total. The van der Waals surface area contributed by atoms with Gasteiger partial charge in [0.2, 0.25) is 5.91 Å². The van der Waals surface area contributed by atoms with E-state index in [0.29, 0.717) is 19.1 Å². The molecule has 4 fully saturated rings. The van der Waals surface area contributed by atoms with Crippen LogP contribution in [-0.2, 0) is 4.79 Å². The molecule has 172 valence electrons. The summed E-state index contributed by atoms with van der Waals surface area (Å²) < 4.78 is 0. The Morgan fingerprint density at radius 1 is 1.17 bits per heavy atom. The lowest BCUT2D eigenvalue weighted by molar-refractivity contribution is -0.128. The number of fused-ring (bicyclic) bond motifs is 1. The third-order valence-corrected chi connectivity index (χ3v) is 7.42. The fraction of sp³-hybridized carbons (Fsp3) is 0.950. The van der Waals surface area contributed by atoms with Gasteiger partial charge >= 0.3 is 0 Å². The summed E-state index contributed by atoms with van der Waals surface area (Å²) in [4.78, 5) is 18.4. The van der Waals surface area contributed by atoms with E-state index in [0.717, 1.165) is 45.7 Å². The van der Waals surface area contributed by atoms with E-state index in [-0.39, 0.29) is 34.9 Å². The minimum absolute atomic E-state index is 0.0152. The Kier molecular flexibility index (Phi) is 6.91. The van der Waals surface area contributed by atoms with E-state index in [9.17, 15) is 4.79 Å². The zero-order valence-electron chi connectivity index (χ0n) is 18.5. The van der Waals surface area contributed by atoms with Crippen molar-refractivity contribution in [2.45, 2.75) is 62.5 Å². The summed E-state index contributed by atoms with van der Waals surface area (Å²) >= 11 is 6.25. The maximum atomic E-state index is 13.3. The van der Waals surface area contributed by atoms with E-state index in [4.69, 9.17) is 17.3 Å². The largest absolute Gasteiger partial charge is 0.350 e. The number of nitrogens with two attached hydrogens (primary N) is 1. The minimum Gasteiger partial charge on any atom is -0.350 e. The molecule has 0 aromatic carbocycles. The molecule has 4 saturated heterocycles. The Hall–Kier alpha value is -0.520. The Morgan fingerprint density at radius 3 is 2.60 bits per heavy atom. The number of piperidine rings is 1. The van der Waals surface area contributed by atoms with Crippen molar-refractivity contribution in [3.63, 3.8) is 0 Å². The average Bonchev–Trinajstić information content (AvgIpc) is 3.02. The van der Waals surface area contributed by atoms with Crippen molar-refractivity contribution in [2.24, 2.45) is 11.7 Å². The highest BCUT2D eigenvalue weighted by Gasteiger charge is 2.47. The van der Waals surface area contributed by atoms with Crippen molar-refractivity contribution in [3.8, 4) is 0 Å². The van der Waals surface area contributed by atoms with E-state index in [2.05, 4.69) is 51.9 Å². The maximum Gasteiger partial charge on any atom is 0.229 e. The molecule has 9 nitrogen and oxygen atoms in total. The quantitative estimate of drug-likeness (QED) is 0.337. The third-order valence-electron chi connectivity index (χ3n) is 7.13. The number of nitrogens with one attached hydrogen (secondary N) is 4. The summed E-state index contributed by atoms with van der Waals surface area (Å²) in [5.74, 6) is -0.315. The van der Waals surface area contributed by atoms with E-state index in [1.54, 1.807) is 0 Å². The number of alkyl halides is 1.